The van der Waals surface area contributed by atoms with Crippen LogP contribution < -0.4 is 5.32 Å². The number of carbonyl (C=O) groups excluding carboxylic acids is 1. The van der Waals surface area contributed by atoms with Gasteiger partial charge in [-0.2, -0.15) is 0 Å². The molecule has 2 aromatic carbocycles. The Hall–Kier alpha value is -1.87. The molecule has 0 saturated carbocycles. The van der Waals surface area contributed by atoms with Crippen LogP contribution >= 0.6 is 34.7 Å². The number of benzene rings is 2. The molecule has 9 heteroatoms. The molecule has 0 aliphatic carbocycles. The summed E-state index contributed by atoms with van der Waals surface area (Å²) in [7, 11) is -2.96. The average Bonchev–Trinajstić information content (AvgIpc) is 3.29. The predicted octanol–water partition coefficient (Wildman–Crippen LogP) is 5.00. The molecule has 1 amide bonds. The Morgan fingerprint density at radius 1 is 1.17 bits per heavy atom. The quantitative estimate of drug-likeness (QED) is 0.575. The molecule has 5 nitrogen and oxygen atoms in total. The minimum atomic E-state index is -2.96. The maximum absolute atomic E-state index is 12.8. The molecule has 150 valence electrons. The summed E-state index contributed by atoms with van der Waals surface area (Å²) in [6.45, 7) is 0. The van der Waals surface area contributed by atoms with Gasteiger partial charge in [-0.15, -0.1) is 23.1 Å². The molecular formula is C20H17ClN2O3S3. The number of hydrogen-bond donors (Lipinski definition) is 1. The van der Waals surface area contributed by atoms with Crippen molar-refractivity contribution < 1.29 is 13.2 Å². The van der Waals surface area contributed by atoms with Crippen LogP contribution in [0.1, 0.15) is 16.8 Å². The predicted molar refractivity (Wildman–Crippen MR) is 120 cm³/mol. The van der Waals surface area contributed by atoms with E-state index in [0.717, 1.165) is 16.2 Å². The number of thioether (sulfide) groups is 1. The highest BCUT2D eigenvalue weighted by atomic mass is 35.5. The lowest BCUT2D eigenvalue weighted by Crippen LogP contribution is -2.14. The van der Waals surface area contributed by atoms with Crippen molar-refractivity contribution in [1.29, 1.82) is 0 Å². The minimum Gasteiger partial charge on any atom is -0.298 e. The van der Waals surface area contributed by atoms with Gasteiger partial charge in [0.1, 0.15) is 0 Å². The van der Waals surface area contributed by atoms with Crippen molar-refractivity contribution in [2.24, 2.45) is 0 Å². The first kappa shape index (κ1) is 20.4. The van der Waals surface area contributed by atoms with Gasteiger partial charge >= 0.3 is 0 Å². The summed E-state index contributed by atoms with van der Waals surface area (Å²) in [5.41, 5.74) is 2.20. The monoisotopic (exact) mass is 464 g/mol. The number of anilines is 1. The molecule has 4 rings (SSSR count). The molecular weight excluding hydrogens is 448 g/mol. The second kappa shape index (κ2) is 8.47. The summed E-state index contributed by atoms with van der Waals surface area (Å²) in [4.78, 5) is 18.1. The van der Waals surface area contributed by atoms with E-state index in [4.69, 9.17) is 11.6 Å². The van der Waals surface area contributed by atoms with Gasteiger partial charge in [-0.1, -0.05) is 35.9 Å². The fourth-order valence-corrected chi connectivity index (χ4v) is 7.51. The van der Waals surface area contributed by atoms with Crippen LogP contribution in [0.3, 0.4) is 0 Å². The van der Waals surface area contributed by atoms with E-state index >= 15 is 0 Å². The number of halogens is 1. The Labute approximate surface area is 182 Å². The lowest BCUT2D eigenvalue weighted by molar-refractivity contribution is 0.102. The SMILES string of the molecule is O=C(Nc1nc(-c2ccc(Cl)cc2)cs1)c1ccccc1SC1CCS(=O)(=O)C1. The maximum atomic E-state index is 12.8. The molecule has 1 N–H and O–H groups in total. The maximum Gasteiger partial charge on any atom is 0.258 e. The molecule has 0 radical (unpaired) electrons. The van der Waals surface area contributed by atoms with Crippen LogP contribution in [0, 0.1) is 0 Å². The summed E-state index contributed by atoms with van der Waals surface area (Å²) in [6.07, 6.45) is 0.611. The number of nitrogens with one attached hydrogen (secondary N) is 1. The van der Waals surface area contributed by atoms with Crippen molar-refractivity contribution in [1.82, 2.24) is 4.98 Å². The van der Waals surface area contributed by atoms with Gasteiger partial charge in [-0.3, -0.25) is 10.1 Å². The Morgan fingerprint density at radius 2 is 1.93 bits per heavy atom. The van der Waals surface area contributed by atoms with Gasteiger partial charge in [0, 0.05) is 26.1 Å². The third kappa shape index (κ3) is 5.01. The van der Waals surface area contributed by atoms with Crippen molar-refractivity contribution in [2.75, 3.05) is 16.8 Å². The van der Waals surface area contributed by atoms with E-state index < -0.39 is 9.84 Å². The van der Waals surface area contributed by atoms with E-state index in [-0.39, 0.29) is 22.7 Å². The zero-order valence-corrected chi connectivity index (χ0v) is 18.4. The van der Waals surface area contributed by atoms with Crippen molar-refractivity contribution in [2.45, 2.75) is 16.6 Å². The number of sulfone groups is 1. The van der Waals surface area contributed by atoms with Gasteiger partial charge in [-0.05, 0) is 30.7 Å². The Kier molecular flexibility index (Phi) is 5.96. The molecule has 29 heavy (non-hydrogen) atoms. The van der Waals surface area contributed by atoms with Crippen LogP contribution in [0.4, 0.5) is 5.13 Å². The van der Waals surface area contributed by atoms with E-state index in [9.17, 15) is 13.2 Å². The number of rotatable bonds is 5. The minimum absolute atomic E-state index is 0.0229. The van der Waals surface area contributed by atoms with Crippen LogP contribution in [0.5, 0.6) is 0 Å². The number of amides is 1. The number of carbonyl (C=O) groups is 1. The third-order valence-corrected chi connectivity index (χ3v) is 8.81. The summed E-state index contributed by atoms with van der Waals surface area (Å²) in [5.74, 6) is 0.113. The van der Waals surface area contributed by atoms with Crippen molar-refractivity contribution in [3.8, 4) is 11.3 Å². The lowest BCUT2D eigenvalue weighted by atomic mass is 10.2. The summed E-state index contributed by atoms with van der Waals surface area (Å²) in [5, 5.41) is 5.86. The number of hydrogen-bond acceptors (Lipinski definition) is 6. The van der Waals surface area contributed by atoms with E-state index in [1.807, 2.05) is 29.6 Å². The van der Waals surface area contributed by atoms with Gasteiger partial charge in [0.2, 0.25) is 0 Å². The Bertz CT molecular complexity index is 1140. The first-order valence-corrected chi connectivity index (χ1v) is 12.8. The molecule has 0 bridgehead atoms. The number of thiazole rings is 1. The fourth-order valence-electron chi connectivity index (χ4n) is 3.04. The van der Waals surface area contributed by atoms with Gasteiger partial charge in [0.05, 0.1) is 22.8 Å². The van der Waals surface area contributed by atoms with Crippen LogP contribution in [0.15, 0.2) is 58.8 Å². The van der Waals surface area contributed by atoms with Crippen LogP contribution in [-0.2, 0) is 9.84 Å². The standard InChI is InChI=1S/C20H17ClN2O3S3/c21-14-7-5-13(6-8-14)17-11-27-20(22-17)23-19(24)16-3-1-2-4-18(16)28-15-9-10-29(25,26)12-15/h1-8,11,15H,9-10,12H2,(H,22,23,24). The number of nitrogens with zero attached hydrogens (tertiary/aromatic N) is 1. The van der Waals surface area contributed by atoms with Crippen molar-refractivity contribution >= 4 is 55.6 Å². The van der Waals surface area contributed by atoms with Gasteiger partial charge in [0.15, 0.2) is 15.0 Å². The summed E-state index contributed by atoms with van der Waals surface area (Å²) in [6, 6.07) is 14.6. The summed E-state index contributed by atoms with van der Waals surface area (Å²) < 4.78 is 23.4. The van der Waals surface area contributed by atoms with E-state index in [2.05, 4.69) is 10.3 Å². The zero-order valence-electron chi connectivity index (χ0n) is 15.2. The van der Waals surface area contributed by atoms with E-state index in [1.54, 1.807) is 24.3 Å². The molecule has 1 aromatic heterocycles. The van der Waals surface area contributed by atoms with Crippen molar-refractivity contribution in [3.05, 3.63) is 64.5 Å². The van der Waals surface area contributed by atoms with Crippen LogP contribution in [0.2, 0.25) is 5.02 Å². The summed E-state index contributed by atoms with van der Waals surface area (Å²) >= 11 is 8.72. The van der Waals surface area contributed by atoms with Gasteiger partial charge < -0.3 is 0 Å². The van der Waals surface area contributed by atoms with Gasteiger partial charge in [-0.25, -0.2) is 13.4 Å². The fraction of sp³-hybridized carbons (Fsp3) is 0.200. The number of aromatic nitrogens is 1. The molecule has 1 fully saturated rings. The zero-order chi connectivity index (χ0) is 20.4. The molecule has 1 unspecified atom stereocenters. The molecule has 1 atom stereocenters. The normalized spacial score (nSPS) is 17.9. The highest BCUT2D eigenvalue weighted by molar-refractivity contribution is 8.02. The van der Waals surface area contributed by atoms with E-state index in [1.165, 1.54) is 23.1 Å². The Balaban J connectivity index is 1.49. The van der Waals surface area contributed by atoms with Crippen LogP contribution in [-0.4, -0.2) is 36.1 Å². The van der Waals surface area contributed by atoms with E-state index in [0.29, 0.717) is 22.1 Å². The molecule has 0 spiro atoms. The second-order valence-corrected chi connectivity index (χ2v) is 11.5. The van der Waals surface area contributed by atoms with Crippen LogP contribution in [0.25, 0.3) is 11.3 Å². The topological polar surface area (TPSA) is 76.1 Å². The molecule has 3 aromatic rings. The molecule has 1 saturated heterocycles. The molecule has 1 aliphatic rings. The lowest BCUT2D eigenvalue weighted by Gasteiger charge is -2.12. The second-order valence-electron chi connectivity index (χ2n) is 6.64. The molecule has 1 aliphatic heterocycles. The Morgan fingerprint density at radius 3 is 2.66 bits per heavy atom. The first-order chi connectivity index (χ1) is 13.9. The largest absolute Gasteiger partial charge is 0.298 e. The highest BCUT2D eigenvalue weighted by Crippen LogP contribution is 2.33. The van der Waals surface area contributed by atoms with Gasteiger partial charge in [0.25, 0.3) is 5.91 Å². The smallest absolute Gasteiger partial charge is 0.258 e. The van der Waals surface area contributed by atoms with Crippen molar-refractivity contribution in [3.63, 3.8) is 0 Å². The average molecular weight is 465 g/mol. The molecule has 2 heterocycles. The third-order valence-electron chi connectivity index (χ3n) is 4.48. The first-order valence-electron chi connectivity index (χ1n) is 8.88. The highest BCUT2D eigenvalue weighted by Gasteiger charge is 2.29.